The molecule has 0 atom stereocenters. The van der Waals surface area contributed by atoms with Gasteiger partial charge in [-0.25, -0.2) is 0 Å². The van der Waals surface area contributed by atoms with Crippen molar-refractivity contribution in [2.75, 3.05) is 11.9 Å². The van der Waals surface area contributed by atoms with Gasteiger partial charge in [-0.15, -0.1) is 0 Å². The van der Waals surface area contributed by atoms with E-state index < -0.39 is 0 Å². The fourth-order valence-electron chi connectivity index (χ4n) is 2.42. The highest BCUT2D eigenvalue weighted by Gasteiger charge is 2.12. The van der Waals surface area contributed by atoms with Crippen LogP contribution in [0.15, 0.2) is 41.7 Å². The van der Waals surface area contributed by atoms with E-state index >= 15 is 0 Å². The molecule has 1 aromatic heterocycles. The Hall–Kier alpha value is -2.56. The number of benzene rings is 1. The van der Waals surface area contributed by atoms with Crippen LogP contribution in [0.5, 0.6) is 0 Å². The Morgan fingerprint density at radius 1 is 1.33 bits per heavy atom. The Labute approximate surface area is 124 Å². The van der Waals surface area contributed by atoms with Crippen molar-refractivity contribution >= 4 is 11.5 Å². The number of hydrogen-bond acceptors (Lipinski definition) is 4. The van der Waals surface area contributed by atoms with E-state index in [1.54, 1.807) is 6.20 Å². The standard InChI is InChI=1S/C16H20N4O/c1-11-6-7-14(12(2)9-11)20(3)10-13-5-4-8-18-15(13)16(17)19-21/h4-9,21H,10H2,1-3H3,(H2,17,19). The number of nitrogens with two attached hydrogens (primary N) is 1. The molecule has 21 heavy (non-hydrogen) atoms. The molecule has 2 rings (SSSR count). The van der Waals surface area contributed by atoms with Gasteiger partial charge >= 0.3 is 0 Å². The molecule has 3 N–H and O–H groups in total. The second-order valence-electron chi connectivity index (χ2n) is 5.14. The molecule has 0 bridgehead atoms. The molecule has 0 saturated heterocycles. The van der Waals surface area contributed by atoms with Crippen molar-refractivity contribution in [2.24, 2.45) is 10.9 Å². The lowest BCUT2D eigenvalue weighted by Gasteiger charge is -2.22. The summed E-state index contributed by atoms with van der Waals surface area (Å²) < 4.78 is 0. The van der Waals surface area contributed by atoms with Crippen LogP contribution >= 0.6 is 0 Å². The van der Waals surface area contributed by atoms with Crippen LogP contribution in [0.2, 0.25) is 0 Å². The zero-order chi connectivity index (χ0) is 15.4. The predicted octanol–water partition coefficient (Wildman–Crippen LogP) is 2.43. The number of aromatic nitrogens is 1. The van der Waals surface area contributed by atoms with Crippen LogP contribution in [0.25, 0.3) is 0 Å². The molecular formula is C16H20N4O. The molecule has 0 fully saturated rings. The quantitative estimate of drug-likeness (QED) is 0.391. The van der Waals surface area contributed by atoms with Gasteiger partial charge in [-0.1, -0.05) is 28.9 Å². The Bertz CT molecular complexity index is 667. The van der Waals surface area contributed by atoms with Crippen molar-refractivity contribution in [1.82, 2.24) is 4.98 Å². The molecule has 0 spiro atoms. The zero-order valence-corrected chi connectivity index (χ0v) is 12.5. The third-order valence-corrected chi connectivity index (χ3v) is 3.41. The molecule has 1 aromatic carbocycles. The van der Waals surface area contributed by atoms with Gasteiger partial charge in [-0.2, -0.15) is 0 Å². The van der Waals surface area contributed by atoms with Crippen LogP contribution in [-0.2, 0) is 6.54 Å². The summed E-state index contributed by atoms with van der Waals surface area (Å²) in [6.45, 7) is 4.80. The fourth-order valence-corrected chi connectivity index (χ4v) is 2.42. The lowest BCUT2D eigenvalue weighted by molar-refractivity contribution is 0.318. The SMILES string of the molecule is Cc1ccc(N(C)Cc2cccnc2C(N)=NO)c(C)c1. The van der Waals surface area contributed by atoms with E-state index in [1.165, 1.54) is 11.1 Å². The maximum Gasteiger partial charge on any atom is 0.189 e. The Morgan fingerprint density at radius 3 is 2.76 bits per heavy atom. The first-order valence-electron chi connectivity index (χ1n) is 6.73. The van der Waals surface area contributed by atoms with Gasteiger partial charge in [0.15, 0.2) is 5.84 Å². The van der Waals surface area contributed by atoms with Crippen molar-refractivity contribution in [2.45, 2.75) is 20.4 Å². The molecule has 0 saturated carbocycles. The lowest BCUT2D eigenvalue weighted by atomic mass is 10.1. The monoisotopic (exact) mass is 284 g/mol. The smallest absolute Gasteiger partial charge is 0.189 e. The predicted molar refractivity (Wildman–Crippen MR) is 84.8 cm³/mol. The normalized spacial score (nSPS) is 11.5. The summed E-state index contributed by atoms with van der Waals surface area (Å²) in [4.78, 5) is 6.32. The van der Waals surface area contributed by atoms with Crippen molar-refractivity contribution in [3.05, 3.63) is 58.9 Å². The molecular weight excluding hydrogens is 264 g/mol. The van der Waals surface area contributed by atoms with Gasteiger partial charge in [0.05, 0.1) is 0 Å². The first kappa shape index (κ1) is 14.8. The largest absolute Gasteiger partial charge is 0.409 e. The summed E-state index contributed by atoms with van der Waals surface area (Å²) in [6, 6.07) is 10.1. The van der Waals surface area contributed by atoms with Crippen LogP contribution in [0.4, 0.5) is 5.69 Å². The molecule has 110 valence electrons. The Morgan fingerprint density at radius 2 is 2.10 bits per heavy atom. The molecule has 1 heterocycles. The van der Waals surface area contributed by atoms with E-state index in [9.17, 15) is 0 Å². The summed E-state index contributed by atoms with van der Waals surface area (Å²) >= 11 is 0. The zero-order valence-electron chi connectivity index (χ0n) is 12.5. The van der Waals surface area contributed by atoms with Gasteiger partial charge < -0.3 is 15.8 Å². The van der Waals surface area contributed by atoms with Crippen LogP contribution in [0, 0.1) is 13.8 Å². The van der Waals surface area contributed by atoms with Gasteiger partial charge in [0.2, 0.25) is 0 Å². The first-order valence-corrected chi connectivity index (χ1v) is 6.73. The molecule has 5 heteroatoms. The van der Waals surface area contributed by atoms with Crippen molar-refractivity contribution in [1.29, 1.82) is 0 Å². The summed E-state index contributed by atoms with van der Waals surface area (Å²) in [5, 5.41) is 11.9. The van der Waals surface area contributed by atoms with Crippen molar-refractivity contribution in [3.63, 3.8) is 0 Å². The van der Waals surface area contributed by atoms with E-state index in [-0.39, 0.29) is 5.84 Å². The van der Waals surface area contributed by atoms with E-state index in [2.05, 4.69) is 47.1 Å². The molecule has 0 aliphatic carbocycles. The lowest BCUT2D eigenvalue weighted by Crippen LogP contribution is -2.23. The van der Waals surface area contributed by atoms with Crippen LogP contribution in [-0.4, -0.2) is 23.1 Å². The number of aryl methyl sites for hydroxylation is 2. The number of hydrogen-bond donors (Lipinski definition) is 2. The summed E-state index contributed by atoms with van der Waals surface area (Å²) in [6.07, 6.45) is 1.63. The first-order chi connectivity index (χ1) is 10.0. The Kier molecular flexibility index (Phi) is 4.42. The minimum Gasteiger partial charge on any atom is -0.409 e. The topological polar surface area (TPSA) is 74.7 Å². The Balaban J connectivity index is 2.30. The highest BCUT2D eigenvalue weighted by atomic mass is 16.4. The average Bonchev–Trinajstić information content (AvgIpc) is 2.46. The third kappa shape index (κ3) is 3.31. The van der Waals surface area contributed by atoms with Crippen molar-refractivity contribution in [3.8, 4) is 0 Å². The number of nitrogens with zero attached hydrogens (tertiary/aromatic N) is 3. The highest BCUT2D eigenvalue weighted by molar-refractivity contribution is 5.96. The molecule has 0 radical (unpaired) electrons. The summed E-state index contributed by atoms with van der Waals surface area (Å²) in [5.41, 5.74) is 10.7. The van der Waals surface area contributed by atoms with Crippen LogP contribution in [0.3, 0.4) is 0 Å². The molecule has 0 aliphatic heterocycles. The van der Waals surface area contributed by atoms with Gasteiger partial charge in [-0.05, 0) is 31.5 Å². The van der Waals surface area contributed by atoms with E-state index in [0.29, 0.717) is 12.2 Å². The number of amidine groups is 1. The maximum absolute atomic E-state index is 8.85. The molecule has 0 unspecified atom stereocenters. The molecule has 0 aliphatic rings. The molecule has 0 amide bonds. The van der Waals surface area contributed by atoms with Gasteiger partial charge in [-0.3, -0.25) is 4.98 Å². The third-order valence-electron chi connectivity index (χ3n) is 3.41. The van der Waals surface area contributed by atoms with E-state index in [0.717, 1.165) is 11.3 Å². The van der Waals surface area contributed by atoms with Crippen LogP contribution < -0.4 is 10.6 Å². The summed E-state index contributed by atoms with van der Waals surface area (Å²) in [7, 11) is 2.01. The van der Waals surface area contributed by atoms with E-state index in [1.807, 2.05) is 19.2 Å². The molecule has 2 aromatic rings. The number of pyridine rings is 1. The number of rotatable bonds is 4. The van der Waals surface area contributed by atoms with Gasteiger partial charge in [0.1, 0.15) is 5.69 Å². The van der Waals surface area contributed by atoms with E-state index in [4.69, 9.17) is 10.9 Å². The maximum atomic E-state index is 8.85. The van der Waals surface area contributed by atoms with Crippen LogP contribution in [0.1, 0.15) is 22.4 Å². The second kappa shape index (κ2) is 6.26. The average molecular weight is 284 g/mol. The molecule has 5 nitrogen and oxygen atoms in total. The minimum absolute atomic E-state index is 0.0274. The summed E-state index contributed by atoms with van der Waals surface area (Å²) in [5.74, 6) is 0.0274. The second-order valence-corrected chi connectivity index (χ2v) is 5.14. The number of anilines is 1. The van der Waals surface area contributed by atoms with Crippen molar-refractivity contribution < 1.29 is 5.21 Å². The van der Waals surface area contributed by atoms with Gasteiger partial charge in [0.25, 0.3) is 0 Å². The minimum atomic E-state index is 0.0274. The highest BCUT2D eigenvalue weighted by Crippen LogP contribution is 2.22. The van der Waals surface area contributed by atoms with Gasteiger partial charge in [0, 0.05) is 31.0 Å². The fraction of sp³-hybridized carbons (Fsp3) is 0.250. The number of oxime groups is 1.